The number of rotatable bonds is 9. The number of benzene rings is 2. The highest BCUT2D eigenvalue weighted by atomic mass is 16.5. The smallest absolute Gasteiger partial charge is 0.251 e. The Bertz CT molecular complexity index is 1400. The largest absolute Gasteiger partial charge is 0.496 e. The van der Waals surface area contributed by atoms with Gasteiger partial charge in [-0.15, -0.1) is 0 Å². The number of fused-ring (bicyclic) bond motifs is 1. The van der Waals surface area contributed by atoms with Gasteiger partial charge >= 0.3 is 0 Å². The van der Waals surface area contributed by atoms with Gasteiger partial charge in [0, 0.05) is 44.4 Å². The Morgan fingerprint density at radius 3 is 2.47 bits per heavy atom. The Balaban J connectivity index is 0.00000353. The highest BCUT2D eigenvalue weighted by Gasteiger charge is 2.27. The molecule has 0 radical (unpaired) electrons. The fraction of sp³-hybridized carbons (Fsp3) is 0.355. The molecule has 0 aliphatic heterocycles. The number of Topliss-reactive ketones (excluding diaryl/α,β-unsaturated/α-hetero) is 1. The van der Waals surface area contributed by atoms with Crippen molar-refractivity contribution in [3.8, 4) is 11.6 Å². The third-order valence-electron chi connectivity index (χ3n) is 7.31. The minimum atomic E-state index is -0.113. The van der Waals surface area contributed by atoms with Crippen LogP contribution in [0.3, 0.4) is 0 Å². The zero-order valence-corrected chi connectivity index (χ0v) is 22.2. The number of ketones is 1. The maximum absolute atomic E-state index is 12.2. The molecule has 38 heavy (non-hydrogen) atoms. The molecule has 5 rings (SSSR count). The Kier molecular flexibility index (Phi) is 7.54. The number of allylic oxidation sites excluding steroid dienone is 1. The SMILES string of the molecule is CCC(=O)c1ccc(Cc2nc3c(c(OC4CCCC4)n2)C(c2ccc(C(=O)NC)cc2)=CC3)c(OC)c1.[HH]. The first-order valence-electron chi connectivity index (χ1n) is 13.3. The van der Waals surface area contributed by atoms with Crippen molar-refractivity contribution in [2.75, 3.05) is 14.2 Å². The van der Waals surface area contributed by atoms with E-state index < -0.39 is 0 Å². The molecule has 0 atom stereocenters. The van der Waals surface area contributed by atoms with E-state index >= 15 is 0 Å². The van der Waals surface area contributed by atoms with Crippen LogP contribution in [0, 0.1) is 0 Å². The van der Waals surface area contributed by atoms with Gasteiger partial charge in [0.2, 0.25) is 5.88 Å². The zero-order chi connectivity index (χ0) is 26.6. The van der Waals surface area contributed by atoms with Crippen molar-refractivity contribution in [2.45, 2.75) is 58.0 Å². The molecule has 3 aromatic rings. The van der Waals surface area contributed by atoms with Gasteiger partial charge in [-0.3, -0.25) is 9.59 Å². The van der Waals surface area contributed by atoms with E-state index in [4.69, 9.17) is 19.4 Å². The molecule has 1 aromatic heterocycles. The Morgan fingerprint density at radius 2 is 1.79 bits per heavy atom. The summed E-state index contributed by atoms with van der Waals surface area (Å²) < 4.78 is 12.1. The molecule has 0 bridgehead atoms. The lowest BCUT2D eigenvalue weighted by Gasteiger charge is -2.18. The van der Waals surface area contributed by atoms with Crippen LogP contribution < -0.4 is 14.8 Å². The third kappa shape index (κ3) is 5.19. The molecule has 7 heteroatoms. The van der Waals surface area contributed by atoms with Crippen molar-refractivity contribution >= 4 is 17.3 Å². The summed E-state index contributed by atoms with van der Waals surface area (Å²) in [6.07, 6.45) is 8.27. The molecule has 1 amide bonds. The number of carbonyl (C=O) groups is 2. The van der Waals surface area contributed by atoms with Gasteiger partial charge in [-0.05, 0) is 55.0 Å². The van der Waals surface area contributed by atoms with Crippen LogP contribution in [-0.2, 0) is 12.8 Å². The van der Waals surface area contributed by atoms with E-state index in [1.807, 2.05) is 43.3 Å². The van der Waals surface area contributed by atoms with Crippen molar-refractivity contribution in [2.24, 2.45) is 0 Å². The van der Waals surface area contributed by atoms with Gasteiger partial charge in [0.05, 0.1) is 18.4 Å². The molecule has 198 valence electrons. The first-order chi connectivity index (χ1) is 18.5. The zero-order valence-electron chi connectivity index (χ0n) is 22.2. The van der Waals surface area contributed by atoms with Crippen LogP contribution >= 0.6 is 0 Å². The van der Waals surface area contributed by atoms with E-state index in [-0.39, 0.29) is 19.2 Å². The molecule has 0 unspecified atom stereocenters. The minimum Gasteiger partial charge on any atom is -0.496 e. The van der Waals surface area contributed by atoms with Gasteiger partial charge in [0.1, 0.15) is 17.7 Å². The number of hydrogen-bond acceptors (Lipinski definition) is 6. The summed E-state index contributed by atoms with van der Waals surface area (Å²) in [6, 6.07) is 13.2. The van der Waals surface area contributed by atoms with Crippen molar-refractivity contribution in [3.63, 3.8) is 0 Å². The highest BCUT2D eigenvalue weighted by molar-refractivity contribution is 5.96. The summed E-state index contributed by atoms with van der Waals surface area (Å²) in [7, 11) is 3.24. The summed E-state index contributed by atoms with van der Waals surface area (Å²) in [4.78, 5) is 34.0. The standard InChI is InChI=1S/C31H33N3O4.H2/c1-4-26(35)21-13-14-22(27(17-21)37-3)18-28-33-25-16-15-24(19-9-11-20(12-10-19)30(36)32-2)29(25)31(34-28)38-23-7-5-6-8-23;/h9-15,17,23H,4-8,16,18H2,1-3H3,(H,32,36);1H. The topological polar surface area (TPSA) is 90.4 Å². The second-order valence-corrected chi connectivity index (χ2v) is 9.75. The number of carbonyl (C=O) groups excluding carboxylic acids is 2. The minimum absolute atomic E-state index is 0. The van der Waals surface area contributed by atoms with Crippen molar-refractivity contribution < 1.29 is 20.5 Å². The molecular formula is C31H35N3O4. The number of ether oxygens (including phenoxy) is 2. The fourth-order valence-electron chi connectivity index (χ4n) is 5.23. The van der Waals surface area contributed by atoms with E-state index in [9.17, 15) is 9.59 Å². The average molecular weight is 514 g/mol. The van der Waals surface area contributed by atoms with Crippen LogP contribution in [-0.4, -0.2) is 41.9 Å². The summed E-state index contributed by atoms with van der Waals surface area (Å²) in [5, 5.41) is 2.66. The van der Waals surface area contributed by atoms with Crippen LogP contribution in [0.5, 0.6) is 11.6 Å². The van der Waals surface area contributed by atoms with Crippen LogP contribution in [0.15, 0.2) is 48.5 Å². The lowest BCUT2D eigenvalue weighted by Crippen LogP contribution is -2.17. The van der Waals surface area contributed by atoms with E-state index in [0.717, 1.165) is 53.6 Å². The van der Waals surface area contributed by atoms with Crippen molar-refractivity contribution in [1.82, 2.24) is 15.3 Å². The molecule has 1 heterocycles. The van der Waals surface area contributed by atoms with Gasteiger partial charge in [0.15, 0.2) is 5.78 Å². The number of nitrogens with one attached hydrogen (secondary N) is 1. The Labute approximate surface area is 224 Å². The second-order valence-electron chi connectivity index (χ2n) is 9.75. The summed E-state index contributed by atoms with van der Waals surface area (Å²) in [5.41, 5.74) is 6.08. The first kappa shape index (κ1) is 25.6. The lowest BCUT2D eigenvalue weighted by atomic mass is 9.99. The van der Waals surface area contributed by atoms with Crippen LogP contribution in [0.2, 0.25) is 0 Å². The summed E-state index contributed by atoms with van der Waals surface area (Å²) in [6.45, 7) is 1.85. The lowest BCUT2D eigenvalue weighted by molar-refractivity contribution is 0.0960. The summed E-state index contributed by atoms with van der Waals surface area (Å²) in [5.74, 6) is 1.90. The molecule has 0 saturated heterocycles. The van der Waals surface area contributed by atoms with Gasteiger partial charge in [-0.25, -0.2) is 4.98 Å². The molecular weight excluding hydrogens is 478 g/mol. The van der Waals surface area contributed by atoms with Gasteiger partial charge in [0.25, 0.3) is 5.91 Å². The average Bonchev–Trinajstić information content (AvgIpc) is 3.62. The highest BCUT2D eigenvalue weighted by Crippen LogP contribution is 2.39. The quantitative estimate of drug-likeness (QED) is 0.376. The second kappa shape index (κ2) is 11.2. The Hall–Kier alpha value is -4.00. The van der Waals surface area contributed by atoms with Crippen molar-refractivity contribution in [1.29, 1.82) is 0 Å². The van der Waals surface area contributed by atoms with E-state index in [2.05, 4.69) is 11.4 Å². The molecule has 2 aliphatic rings. The molecule has 0 spiro atoms. The molecule has 1 N–H and O–H groups in total. The van der Waals surface area contributed by atoms with Crippen molar-refractivity contribution in [3.05, 3.63) is 87.9 Å². The maximum Gasteiger partial charge on any atom is 0.251 e. The van der Waals surface area contributed by atoms with Crippen LogP contribution in [0.1, 0.15) is 89.4 Å². The number of hydrogen-bond donors (Lipinski definition) is 1. The molecule has 2 aliphatic carbocycles. The van der Waals surface area contributed by atoms with Gasteiger partial charge in [-0.2, -0.15) is 4.98 Å². The van der Waals surface area contributed by atoms with Gasteiger partial charge in [-0.1, -0.05) is 37.3 Å². The first-order valence-corrected chi connectivity index (χ1v) is 13.3. The molecule has 2 aromatic carbocycles. The van der Waals surface area contributed by atoms with Crippen LogP contribution in [0.4, 0.5) is 0 Å². The number of amides is 1. The third-order valence-corrected chi connectivity index (χ3v) is 7.31. The monoisotopic (exact) mass is 513 g/mol. The van der Waals surface area contributed by atoms with Crippen LogP contribution in [0.25, 0.3) is 5.57 Å². The normalized spacial score (nSPS) is 14.7. The predicted molar refractivity (Wildman–Crippen MR) is 148 cm³/mol. The Morgan fingerprint density at radius 1 is 1.05 bits per heavy atom. The number of nitrogens with zero attached hydrogens (tertiary/aromatic N) is 2. The maximum atomic E-state index is 12.2. The summed E-state index contributed by atoms with van der Waals surface area (Å²) >= 11 is 0. The molecule has 7 nitrogen and oxygen atoms in total. The predicted octanol–water partition coefficient (Wildman–Crippen LogP) is 5.58. The number of aromatic nitrogens is 2. The van der Waals surface area contributed by atoms with E-state index in [1.165, 1.54) is 0 Å². The fourth-order valence-corrected chi connectivity index (χ4v) is 5.23. The van der Waals surface area contributed by atoms with E-state index in [1.54, 1.807) is 20.2 Å². The molecule has 1 fully saturated rings. The van der Waals surface area contributed by atoms with Gasteiger partial charge < -0.3 is 14.8 Å². The molecule has 1 saturated carbocycles. The van der Waals surface area contributed by atoms with E-state index in [0.29, 0.717) is 47.8 Å². The number of methoxy groups -OCH3 is 1.